The van der Waals surface area contributed by atoms with Crippen LogP contribution in [0.15, 0.2) is 36.4 Å². The number of nitrogens with one attached hydrogen (secondary N) is 2. The zero-order chi connectivity index (χ0) is 17.1. The lowest BCUT2D eigenvalue weighted by molar-refractivity contribution is 0.218. The number of rotatable bonds is 5. The van der Waals surface area contributed by atoms with E-state index in [1.54, 1.807) is 26.2 Å². The quantitative estimate of drug-likeness (QED) is 0.884. The summed E-state index contributed by atoms with van der Waals surface area (Å²) in [4.78, 5) is 13.3. The fraction of sp³-hybridized carbons (Fsp3) is 0.278. The molecule has 0 bridgehead atoms. The van der Waals surface area contributed by atoms with Gasteiger partial charge >= 0.3 is 6.03 Å². The molecule has 0 radical (unpaired) electrons. The molecule has 24 heavy (non-hydrogen) atoms. The third-order valence-corrected chi connectivity index (χ3v) is 4.01. The van der Waals surface area contributed by atoms with E-state index >= 15 is 0 Å². The van der Waals surface area contributed by atoms with Crippen LogP contribution in [-0.2, 0) is 13.1 Å². The maximum absolute atomic E-state index is 11.6. The molecular formula is C18H21N3O3. The highest BCUT2D eigenvalue weighted by Crippen LogP contribution is 2.27. The molecular weight excluding hydrogens is 306 g/mol. The Morgan fingerprint density at radius 1 is 1.12 bits per heavy atom. The lowest BCUT2D eigenvalue weighted by Crippen LogP contribution is -2.35. The molecule has 2 aromatic rings. The van der Waals surface area contributed by atoms with Crippen LogP contribution in [0.4, 0.5) is 16.2 Å². The van der Waals surface area contributed by atoms with Crippen LogP contribution in [0.1, 0.15) is 11.1 Å². The van der Waals surface area contributed by atoms with Crippen molar-refractivity contribution in [3.05, 3.63) is 47.5 Å². The van der Waals surface area contributed by atoms with Gasteiger partial charge in [-0.1, -0.05) is 0 Å². The lowest BCUT2D eigenvalue weighted by atomic mass is 10.1. The third kappa shape index (κ3) is 3.37. The number of methoxy groups -OCH3 is 2. The van der Waals surface area contributed by atoms with Crippen molar-refractivity contribution in [2.75, 3.05) is 31.9 Å². The van der Waals surface area contributed by atoms with Crippen molar-refractivity contribution in [2.24, 2.45) is 0 Å². The predicted molar refractivity (Wildman–Crippen MR) is 93.8 cm³/mol. The van der Waals surface area contributed by atoms with Crippen LogP contribution < -0.4 is 20.1 Å². The van der Waals surface area contributed by atoms with Gasteiger partial charge in [-0.2, -0.15) is 0 Å². The van der Waals surface area contributed by atoms with Gasteiger partial charge in [0, 0.05) is 37.6 Å². The Bertz CT molecular complexity index is 739. The van der Waals surface area contributed by atoms with E-state index in [2.05, 4.69) is 16.7 Å². The first-order valence-electron chi connectivity index (χ1n) is 7.70. The zero-order valence-electron chi connectivity index (χ0n) is 14.1. The minimum Gasteiger partial charge on any atom is -0.497 e. The van der Waals surface area contributed by atoms with Gasteiger partial charge in [0.2, 0.25) is 0 Å². The zero-order valence-corrected chi connectivity index (χ0v) is 14.1. The molecule has 0 aliphatic carbocycles. The number of fused-ring (bicyclic) bond motifs is 1. The molecule has 1 aliphatic heterocycles. The molecule has 0 unspecified atom stereocenters. The second-order valence-corrected chi connectivity index (χ2v) is 5.73. The summed E-state index contributed by atoms with van der Waals surface area (Å²) in [6, 6.07) is 11.7. The minimum atomic E-state index is -0.0771. The highest BCUT2D eigenvalue weighted by Gasteiger charge is 2.19. The number of nitrogens with zero attached hydrogens (tertiary/aromatic N) is 1. The average molecular weight is 327 g/mol. The molecule has 0 fully saturated rings. The fourth-order valence-corrected chi connectivity index (χ4v) is 2.67. The van der Waals surface area contributed by atoms with Crippen molar-refractivity contribution in [3.63, 3.8) is 0 Å². The fourth-order valence-electron chi connectivity index (χ4n) is 2.67. The van der Waals surface area contributed by atoms with Crippen LogP contribution in [-0.4, -0.2) is 32.2 Å². The van der Waals surface area contributed by atoms with Crippen molar-refractivity contribution in [1.29, 1.82) is 0 Å². The summed E-state index contributed by atoms with van der Waals surface area (Å²) in [5, 5.41) is 6.26. The molecule has 6 nitrogen and oxygen atoms in total. The monoisotopic (exact) mass is 327 g/mol. The van der Waals surface area contributed by atoms with Crippen LogP contribution in [0.25, 0.3) is 0 Å². The number of urea groups is 1. The van der Waals surface area contributed by atoms with E-state index in [-0.39, 0.29) is 6.03 Å². The van der Waals surface area contributed by atoms with Gasteiger partial charge in [0.05, 0.1) is 14.2 Å². The normalized spacial score (nSPS) is 13.1. The number of amides is 2. The van der Waals surface area contributed by atoms with E-state index in [0.29, 0.717) is 13.1 Å². The first-order valence-corrected chi connectivity index (χ1v) is 7.70. The summed E-state index contributed by atoms with van der Waals surface area (Å²) in [6.07, 6.45) is 0. The molecule has 0 saturated carbocycles. The standard InChI is InChI=1S/C18H21N3O3/c1-21-11-13-8-14(4-5-17(13)20-18(21)22)19-10-12-6-15(23-2)9-16(7-12)24-3/h4-9,19H,10-11H2,1-3H3,(H,20,22). The summed E-state index contributed by atoms with van der Waals surface area (Å²) in [6.45, 7) is 1.25. The molecule has 0 atom stereocenters. The molecule has 0 aromatic heterocycles. The molecule has 2 N–H and O–H groups in total. The molecule has 6 heteroatoms. The maximum atomic E-state index is 11.6. The number of carbonyl (C=O) groups is 1. The Labute approximate surface area is 141 Å². The number of hydrogen-bond donors (Lipinski definition) is 2. The van der Waals surface area contributed by atoms with E-state index in [9.17, 15) is 4.79 Å². The first-order chi connectivity index (χ1) is 11.6. The highest BCUT2D eigenvalue weighted by molar-refractivity contribution is 5.92. The third-order valence-electron chi connectivity index (χ3n) is 4.01. The van der Waals surface area contributed by atoms with Gasteiger partial charge in [-0.05, 0) is 41.5 Å². The number of anilines is 2. The van der Waals surface area contributed by atoms with Gasteiger partial charge in [0.1, 0.15) is 11.5 Å². The number of hydrogen-bond acceptors (Lipinski definition) is 4. The van der Waals surface area contributed by atoms with Gasteiger partial charge < -0.3 is 25.0 Å². The second kappa shape index (κ2) is 6.70. The molecule has 2 aromatic carbocycles. The van der Waals surface area contributed by atoms with Crippen LogP contribution in [0, 0.1) is 0 Å². The number of benzene rings is 2. The van der Waals surface area contributed by atoms with Crippen molar-refractivity contribution in [1.82, 2.24) is 4.90 Å². The molecule has 0 spiro atoms. The summed E-state index contributed by atoms with van der Waals surface area (Å²) >= 11 is 0. The molecule has 1 heterocycles. The van der Waals surface area contributed by atoms with Gasteiger partial charge in [-0.15, -0.1) is 0 Å². The summed E-state index contributed by atoms with van der Waals surface area (Å²) in [7, 11) is 5.06. The van der Waals surface area contributed by atoms with Crippen LogP contribution in [0.2, 0.25) is 0 Å². The van der Waals surface area contributed by atoms with E-state index in [0.717, 1.165) is 34.0 Å². The average Bonchev–Trinajstić information content (AvgIpc) is 2.60. The van der Waals surface area contributed by atoms with Gasteiger partial charge in [0.25, 0.3) is 0 Å². The number of carbonyl (C=O) groups excluding carboxylic acids is 1. The lowest BCUT2D eigenvalue weighted by Gasteiger charge is -2.26. The molecule has 2 amide bonds. The summed E-state index contributed by atoms with van der Waals surface area (Å²) in [5.41, 5.74) is 4.02. The highest BCUT2D eigenvalue weighted by atomic mass is 16.5. The van der Waals surface area contributed by atoms with Crippen molar-refractivity contribution in [2.45, 2.75) is 13.1 Å². The van der Waals surface area contributed by atoms with Crippen molar-refractivity contribution < 1.29 is 14.3 Å². The largest absolute Gasteiger partial charge is 0.497 e. The Morgan fingerprint density at radius 3 is 2.50 bits per heavy atom. The smallest absolute Gasteiger partial charge is 0.321 e. The maximum Gasteiger partial charge on any atom is 0.321 e. The first kappa shape index (κ1) is 16.0. The Hall–Kier alpha value is -2.89. The minimum absolute atomic E-state index is 0.0771. The molecule has 1 aliphatic rings. The van der Waals surface area contributed by atoms with Crippen molar-refractivity contribution >= 4 is 17.4 Å². The SMILES string of the molecule is COc1cc(CNc2ccc3c(c2)CN(C)C(=O)N3)cc(OC)c1. The summed E-state index contributed by atoms with van der Waals surface area (Å²) in [5.74, 6) is 1.53. The molecule has 3 rings (SSSR count). The van der Waals surface area contributed by atoms with E-state index in [1.165, 1.54) is 0 Å². The van der Waals surface area contributed by atoms with Crippen LogP contribution >= 0.6 is 0 Å². The van der Waals surface area contributed by atoms with Crippen LogP contribution in [0.3, 0.4) is 0 Å². The van der Waals surface area contributed by atoms with E-state index in [4.69, 9.17) is 9.47 Å². The van der Waals surface area contributed by atoms with E-state index in [1.807, 2.05) is 30.3 Å². The topological polar surface area (TPSA) is 62.8 Å². The summed E-state index contributed by atoms with van der Waals surface area (Å²) < 4.78 is 10.6. The number of ether oxygens (including phenoxy) is 2. The molecule has 0 saturated heterocycles. The molecule has 126 valence electrons. The van der Waals surface area contributed by atoms with Gasteiger partial charge in [0.15, 0.2) is 0 Å². The van der Waals surface area contributed by atoms with E-state index < -0.39 is 0 Å². The van der Waals surface area contributed by atoms with Crippen molar-refractivity contribution in [3.8, 4) is 11.5 Å². The van der Waals surface area contributed by atoms with Gasteiger partial charge in [-0.3, -0.25) is 0 Å². The van der Waals surface area contributed by atoms with Crippen LogP contribution in [0.5, 0.6) is 11.5 Å². The Kier molecular flexibility index (Phi) is 4.46. The predicted octanol–water partition coefficient (Wildman–Crippen LogP) is 3.29. The Balaban J connectivity index is 1.73. The Morgan fingerprint density at radius 2 is 1.83 bits per heavy atom. The van der Waals surface area contributed by atoms with Gasteiger partial charge in [-0.25, -0.2) is 4.79 Å². The second-order valence-electron chi connectivity index (χ2n) is 5.73.